The Morgan fingerprint density at radius 2 is 1.61 bits per heavy atom. The molecule has 0 unspecified atom stereocenters. The third kappa shape index (κ3) is 2.16. The van der Waals surface area contributed by atoms with Gasteiger partial charge in [-0.3, -0.25) is 4.79 Å². The Morgan fingerprint density at radius 3 is 2.30 bits per heavy atom. The van der Waals surface area contributed by atoms with E-state index < -0.39 is 0 Å². The number of aromatic amines is 1. The summed E-state index contributed by atoms with van der Waals surface area (Å²) in [6.07, 6.45) is 1.92. The number of carbonyl (C=O) groups is 1. The molecule has 0 radical (unpaired) electrons. The first-order valence-electron chi connectivity index (χ1n) is 7.53. The smallest absolute Gasteiger partial charge is 0.250 e. The van der Waals surface area contributed by atoms with E-state index in [1.807, 2.05) is 89.0 Å². The third-order valence-corrected chi connectivity index (χ3v) is 3.99. The van der Waals surface area contributed by atoms with Crippen molar-refractivity contribution in [2.75, 3.05) is 0 Å². The van der Waals surface area contributed by atoms with E-state index in [0.29, 0.717) is 11.3 Å². The standard InChI is InChI=1S/C19H15N3O/c1-14-12-13-21-20-17(15-8-4-2-5-9-15)18(22(14)21)19(23)16-10-6-3-7-11-16/h2-13H,1H3/p+1. The summed E-state index contributed by atoms with van der Waals surface area (Å²) in [6.45, 7) is 1.99. The van der Waals surface area contributed by atoms with Crippen molar-refractivity contribution in [3.8, 4) is 11.3 Å². The van der Waals surface area contributed by atoms with E-state index in [-0.39, 0.29) is 5.78 Å². The maximum atomic E-state index is 13.1. The SMILES string of the molecule is Cc1ccn2[nH]c(-c3ccccc3)c(C(=O)c3ccccc3)[n+]12. The van der Waals surface area contributed by atoms with E-state index in [2.05, 4.69) is 5.10 Å². The molecule has 0 aliphatic rings. The molecule has 0 fully saturated rings. The lowest BCUT2D eigenvalue weighted by Gasteiger charge is -1.99. The Labute approximate surface area is 133 Å². The van der Waals surface area contributed by atoms with Crippen molar-refractivity contribution in [2.45, 2.75) is 6.92 Å². The minimum Gasteiger partial charge on any atom is -0.284 e. The Kier molecular flexibility index (Phi) is 3.08. The lowest BCUT2D eigenvalue weighted by molar-refractivity contribution is -0.625. The number of benzene rings is 2. The topological polar surface area (TPSA) is 41.4 Å². The van der Waals surface area contributed by atoms with E-state index in [0.717, 1.165) is 17.0 Å². The number of nitrogens with zero attached hydrogens (tertiary/aromatic N) is 2. The minimum absolute atomic E-state index is 0.00232. The zero-order chi connectivity index (χ0) is 15.8. The molecule has 112 valence electrons. The summed E-state index contributed by atoms with van der Waals surface area (Å²) in [5.41, 5.74) is 4.14. The van der Waals surface area contributed by atoms with Gasteiger partial charge < -0.3 is 0 Å². The van der Waals surface area contributed by atoms with Gasteiger partial charge in [-0.15, -0.1) is 4.52 Å². The molecule has 0 bridgehead atoms. The average molecular weight is 302 g/mol. The maximum absolute atomic E-state index is 13.1. The molecule has 0 saturated heterocycles. The highest BCUT2D eigenvalue weighted by atomic mass is 16.1. The molecular weight excluding hydrogens is 286 g/mol. The Morgan fingerprint density at radius 1 is 0.957 bits per heavy atom. The maximum Gasteiger partial charge on any atom is 0.250 e. The van der Waals surface area contributed by atoms with E-state index in [4.69, 9.17) is 0 Å². The van der Waals surface area contributed by atoms with Gasteiger partial charge in [-0.2, -0.15) is 5.10 Å². The second kappa shape index (κ2) is 5.25. The lowest BCUT2D eigenvalue weighted by atomic mass is 10.0. The summed E-state index contributed by atoms with van der Waals surface area (Å²) in [6, 6.07) is 21.3. The van der Waals surface area contributed by atoms with Crippen LogP contribution in [-0.4, -0.2) is 15.5 Å². The van der Waals surface area contributed by atoms with Gasteiger partial charge >= 0.3 is 0 Å². The predicted molar refractivity (Wildman–Crippen MR) is 87.4 cm³/mol. The van der Waals surface area contributed by atoms with E-state index >= 15 is 0 Å². The average Bonchev–Trinajstić information content (AvgIpc) is 3.16. The van der Waals surface area contributed by atoms with Crippen molar-refractivity contribution in [3.63, 3.8) is 0 Å². The van der Waals surface area contributed by atoms with Gasteiger partial charge in [0.2, 0.25) is 17.2 Å². The number of fused-ring (bicyclic) bond motifs is 1. The van der Waals surface area contributed by atoms with Gasteiger partial charge in [-0.1, -0.05) is 65.3 Å². The van der Waals surface area contributed by atoms with Gasteiger partial charge in [-0.25, -0.2) is 0 Å². The predicted octanol–water partition coefficient (Wildman–Crippen LogP) is 3.06. The first-order chi connectivity index (χ1) is 11.3. The number of rotatable bonds is 3. The van der Waals surface area contributed by atoms with Crippen LogP contribution in [0.25, 0.3) is 11.3 Å². The van der Waals surface area contributed by atoms with Crippen molar-refractivity contribution >= 4 is 5.78 Å². The molecule has 4 aromatic rings. The van der Waals surface area contributed by atoms with Gasteiger partial charge in [0.15, 0.2) is 0 Å². The van der Waals surface area contributed by atoms with Gasteiger partial charge in [0.1, 0.15) is 5.69 Å². The van der Waals surface area contributed by atoms with Crippen LogP contribution < -0.4 is 4.52 Å². The van der Waals surface area contributed by atoms with Gasteiger partial charge in [0, 0.05) is 24.1 Å². The van der Waals surface area contributed by atoms with Crippen LogP contribution in [0.15, 0.2) is 72.9 Å². The number of hydrogen-bond acceptors (Lipinski definition) is 1. The first-order valence-corrected chi connectivity index (χ1v) is 7.53. The molecule has 1 N–H and O–H groups in total. The van der Waals surface area contributed by atoms with E-state index in [1.54, 1.807) is 0 Å². The Hall–Kier alpha value is -3.14. The molecule has 4 nitrogen and oxygen atoms in total. The van der Waals surface area contributed by atoms with E-state index in [9.17, 15) is 4.79 Å². The second-order valence-corrected chi connectivity index (χ2v) is 5.51. The molecule has 0 atom stereocenters. The molecule has 2 aromatic carbocycles. The quantitative estimate of drug-likeness (QED) is 0.458. The fraction of sp³-hybridized carbons (Fsp3) is 0.0526. The number of ketones is 1. The molecule has 0 saturated carbocycles. The molecular formula is C19H16N3O+. The van der Waals surface area contributed by atoms with Gasteiger partial charge in [-0.05, 0) is 0 Å². The van der Waals surface area contributed by atoms with Crippen LogP contribution in [0.5, 0.6) is 0 Å². The first kappa shape index (κ1) is 13.5. The highest BCUT2D eigenvalue weighted by molar-refractivity contribution is 6.09. The number of nitrogens with one attached hydrogen (secondary N) is 1. The molecule has 2 aromatic heterocycles. The molecule has 0 spiro atoms. The minimum atomic E-state index is 0.00232. The fourth-order valence-corrected chi connectivity index (χ4v) is 2.87. The summed E-state index contributed by atoms with van der Waals surface area (Å²) in [4.78, 5) is 13.1. The van der Waals surface area contributed by atoms with Crippen molar-refractivity contribution in [3.05, 3.63) is 89.9 Å². The number of hydrogen-bond donors (Lipinski definition) is 1. The monoisotopic (exact) mass is 302 g/mol. The second-order valence-electron chi connectivity index (χ2n) is 5.51. The van der Waals surface area contributed by atoms with Crippen molar-refractivity contribution in [1.82, 2.24) is 9.73 Å². The number of aryl methyl sites for hydroxylation is 1. The van der Waals surface area contributed by atoms with E-state index in [1.165, 1.54) is 0 Å². The fourth-order valence-electron chi connectivity index (χ4n) is 2.87. The van der Waals surface area contributed by atoms with Crippen LogP contribution >= 0.6 is 0 Å². The number of aromatic nitrogens is 3. The van der Waals surface area contributed by atoms with Gasteiger partial charge in [0.05, 0.1) is 6.20 Å². The summed E-state index contributed by atoms with van der Waals surface area (Å²) in [5.74, 6) is 0.00232. The number of carbonyl (C=O) groups excluding carboxylic acids is 1. The van der Waals surface area contributed by atoms with Crippen LogP contribution in [-0.2, 0) is 0 Å². The number of H-pyrrole nitrogens is 1. The van der Waals surface area contributed by atoms with Crippen LogP contribution in [0.3, 0.4) is 0 Å². The Balaban J connectivity index is 2.00. The Bertz CT molecular complexity index is 982. The van der Waals surface area contributed by atoms with Crippen molar-refractivity contribution in [1.29, 1.82) is 0 Å². The molecule has 0 aliphatic heterocycles. The van der Waals surface area contributed by atoms with Crippen molar-refractivity contribution < 1.29 is 9.31 Å². The summed E-state index contributed by atoms with van der Waals surface area (Å²) in [7, 11) is 0. The highest BCUT2D eigenvalue weighted by Crippen LogP contribution is 2.21. The lowest BCUT2D eigenvalue weighted by Crippen LogP contribution is -2.34. The van der Waals surface area contributed by atoms with Crippen LogP contribution in [0, 0.1) is 6.92 Å². The summed E-state index contributed by atoms with van der Waals surface area (Å²) >= 11 is 0. The van der Waals surface area contributed by atoms with Crippen molar-refractivity contribution in [2.24, 2.45) is 0 Å². The molecule has 4 heteroatoms. The van der Waals surface area contributed by atoms with Crippen LogP contribution in [0.1, 0.15) is 21.7 Å². The summed E-state index contributed by atoms with van der Waals surface area (Å²) < 4.78 is 3.76. The molecule has 23 heavy (non-hydrogen) atoms. The third-order valence-electron chi connectivity index (χ3n) is 3.99. The zero-order valence-electron chi connectivity index (χ0n) is 12.7. The molecule has 0 amide bonds. The largest absolute Gasteiger partial charge is 0.284 e. The van der Waals surface area contributed by atoms with Gasteiger partial charge in [0.25, 0.3) is 0 Å². The molecule has 0 aliphatic carbocycles. The normalized spacial score (nSPS) is 11.0. The zero-order valence-corrected chi connectivity index (χ0v) is 12.7. The molecule has 2 heterocycles. The molecule has 4 rings (SSSR count). The highest BCUT2D eigenvalue weighted by Gasteiger charge is 2.29. The summed E-state index contributed by atoms with van der Waals surface area (Å²) in [5, 5.41) is 3.31. The van der Waals surface area contributed by atoms with Crippen LogP contribution in [0.4, 0.5) is 0 Å². The van der Waals surface area contributed by atoms with Crippen LogP contribution in [0.2, 0.25) is 0 Å².